The van der Waals surface area contributed by atoms with Gasteiger partial charge in [0.15, 0.2) is 6.10 Å². The molecule has 1 N–H and O–H groups in total. The first-order valence-electron chi connectivity index (χ1n) is 8.59. The quantitative estimate of drug-likeness (QED) is 0.723. The summed E-state index contributed by atoms with van der Waals surface area (Å²) in [5.41, 5.74) is 2.54. The Balaban J connectivity index is 1.72. The highest BCUT2D eigenvalue weighted by molar-refractivity contribution is 5.80. The molecule has 0 saturated heterocycles. The van der Waals surface area contributed by atoms with Crippen LogP contribution in [0.4, 0.5) is 0 Å². The molecule has 0 bridgehead atoms. The van der Waals surface area contributed by atoms with Gasteiger partial charge in [-0.15, -0.1) is 5.10 Å². The molecule has 0 aliphatic rings. The summed E-state index contributed by atoms with van der Waals surface area (Å²) in [7, 11) is 0. The molecule has 2 heterocycles. The lowest BCUT2D eigenvalue weighted by molar-refractivity contribution is -0.127. The number of ether oxygens (including phenoxy) is 1. The maximum atomic E-state index is 12.2. The van der Waals surface area contributed by atoms with Gasteiger partial charge >= 0.3 is 0 Å². The van der Waals surface area contributed by atoms with Crippen LogP contribution in [0.3, 0.4) is 0 Å². The molecule has 0 radical (unpaired) electrons. The van der Waals surface area contributed by atoms with E-state index >= 15 is 0 Å². The molecular weight excluding hydrogens is 346 g/mol. The van der Waals surface area contributed by atoms with E-state index in [0.717, 1.165) is 11.1 Å². The van der Waals surface area contributed by atoms with Crippen molar-refractivity contribution >= 4 is 5.91 Å². The van der Waals surface area contributed by atoms with E-state index in [4.69, 9.17) is 9.15 Å². The van der Waals surface area contributed by atoms with Crippen molar-refractivity contribution in [3.8, 4) is 11.6 Å². The van der Waals surface area contributed by atoms with Gasteiger partial charge in [0.2, 0.25) is 5.88 Å². The first-order chi connectivity index (χ1) is 12.9. The number of carbonyl (C=O) groups is 1. The van der Waals surface area contributed by atoms with Gasteiger partial charge in [0.1, 0.15) is 5.76 Å². The Labute approximate surface area is 156 Å². The van der Waals surface area contributed by atoms with Gasteiger partial charge in [-0.1, -0.05) is 6.07 Å². The summed E-state index contributed by atoms with van der Waals surface area (Å²) in [4.78, 5) is 24.3. The molecule has 140 valence electrons. The summed E-state index contributed by atoms with van der Waals surface area (Å²) >= 11 is 0. The molecule has 0 spiro atoms. The van der Waals surface area contributed by atoms with E-state index in [9.17, 15) is 9.59 Å². The van der Waals surface area contributed by atoms with Crippen molar-refractivity contribution < 1.29 is 13.9 Å². The molecule has 0 aliphatic heterocycles. The van der Waals surface area contributed by atoms with Crippen LogP contribution in [0.5, 0.6) is 5.88 Å². The fourth-order valence-corrected chi connectivity index (χ4v) is 2.47. The van der Waals surface area contributed by atoms with E-state index in [1.165, 1.54) is 16.8 Å². The second-order valence-corrected chi connectivity index (χ2v) is 6.25. The van der Waals surface area contributed by atoms with Gasteiger partial charge in [0.25, 0.3) is 11.5 Å². The van der Waals surface area contributed by atoms with Crippen molar-refractivity contribution in [2.75, 3.05) is 0 Å². The van der Waals surface area contributed by atoms with Crippen LogP contribution in [0, 0.1) is 13.8 Å². The summed E-state index contributed by atoms with van der Waals surface area (Å²) in [6, 6.07) is 12.0. The molecule has 3 aromatic rings. The van der Waals surface area contributed by atoms with Crippen molar-refractivity contribution in [1.82, 2.24) is 15.1 Å². The van der Waals surface area contributed by atoms with E-state index in [2.05, 4.69) is 10.4 Å². The average molecular weight is 367 g/mol. The van der Waals surface area contributed by atoms with Crippen LogP contribution in [-0.2, 0) is 11.3 Å². The van der Waals surface area contributed by atoms with Gasteiger partial charge in [-0.05, 0) is 56.2 Å². The number of hydrogen-bond donors (Lipinski definition) is 1. The van der Waals surface area contributed by atoms with Crippen molar-refractivity contribution in [1.29, 1.82) is 0 Å². The topological polar surface area (TPSA) is 86.4 Å². The molecule has 7 nitrogen and oxygen atoms in total. The standard InChI is InChI=1S/C20H21N3O4/c1-13-6-7-16(11-14(13)2)23-19(24)9-8-18(22-23)27-15(3)20(25)21-12-17-5-4-10-26-17/h4-11,15H,12H2,1-3H3,(H,21,25)/t15-/m1/s1. The van der Waals surface area contributed by atoms with E-state index in [1.54, 1.807) is 25.3 Å². The van der Waals surface area contributed by atoms with E-state index < -0.39 is 6.10 Å². The summed E-state index contributed by atoms with van der Waals surface area (Å²) in [6.45, 7) is 5.85. The summed E-state index contributed by atoms with van der Waals surface area (Å²) in [5.74, 6) is 0.530. The number of carbonyl (C=O) groups excluding carboxylic acids is 1. The molecule has 7 heteroatoms. The highest BCUT2D eigenvalue weighted by atomic mass is 16.5. The SMILES string of the molecule is Cc1ccc(-n2nc(O[C@H](C)C(=O)NCc3ccco3)ccc2=O)cc1C. The first kappa shape index (κ1) is 18.4. The second-order valence-electron chi connectivity index (χ2n) is 6.25. The largest absolute Gasteiger partial charge is 0.467 e. The Morgan fingerprint density at radius 2 is 2.04 bits per heavy atom. The maximum absolute atomic E-state index is 12.2. The van der Waals surface area contributed by atoms with Gasteiger partial charge < -0.3 is 14.5 Å². The lowest BCUT2D eigenvalue weighted by atomic mass is 10.1. The Bertz CT molecular complexity index is 993. The molecule has 0 fully saturated rings. The third-order valence-corrected chi connectivity index (χ3v) is 4.19. The van der Waals surface area contributed by atoms with E-state index in [1.807, 2.05) is 32.0 Å². The van der Waals surface area contributed by atoms with Crippen LogP contribution in [0.15, 0.2) is 57.9 Å². The second kappa shape index (κ2) is 7.90. The molecular formula is C20H21N3O4. The molecule has 2 aromatic heterocycles. The van der Waals surface area contributed by atoms with Crippen LogP contribution in [-0.4, -0.2) is 21.8 Å². The highest BCUT2D eigenvalue weighted by Crippen LogP contribution is 2.14. The lowest BCUT2D eigenvalue weighted by Crippen LogP contribution is -2.36. The van der Waals surface area contributed by atoms with Gasteiger partial charge in [0.05, 0.1) is 18.5 Å². The number of aryl methyl sites for hydroxylation is 2. The van der Waals surface area contributed by atoms with Crippen LogP contribution in [0.25, 0.3) is 5.69 Å². The van der Waals surface area contributed by atoms with Gasteiger partial charge in [-0.2, -0.15) is 4.68 Å². The third kappa shape index (κ3) is 4.44. The van der Waals surface area contributed by atoms with E-state index in [-0.39, 0.29) is 23.9 Å². The van der Waals surface area contributed by atoms with Crippen LogP contribution < -0.4 is 15.6 Å². The predicted molar refractivity (Wildman–Crippen MR) is 100.0 cm³/mol. The van der Waals surface area contributed by atoms with Gasteiger partial charge in [0, 0.05) is 12.1 Å². The number of hydrogen-bond acceptors (Lipinski definition) is 5. The fraction of sp³-hybridized carbons (Fsp3) is 0.250. The zero-order chi connectivity index (χ0) is 19.4. The van der Waals surface area contributed by atoms with Crippen LogP contribution in [0.1, 0.15) is 23.8 Å². The Morgan fingerprint density at radius 3 is 2.74 bits per heavy atom. The van der Waals surface area contributed by atoms with Crippen molar-refractivity contribution in [2.45, 2.75) is 33.4 Å². The maximum Gasteiger partial charge on any atom is 0.271 e. The summed E-state index contributed by atoms with van der Waals surface area (Å²) < 4.78 is 12.0. The molecule has 27 heavy (non-hydrogen) atoms. The van der Waals surface area contributed by atoms with Gasteiger partial charge in [-0.25, -0.2) is 0 Å². The number of rotatable bonds is 6. The van der Waals surface area contributed by atoms with Crippen molar-refractivity contribution in [3.05, 3.63) is 76.0 Å². The van der Waals surface area contributed by atoms with Crippen molar-refractivity contribution in [2.24, 2.45) is 0 Å². The number of amides is 1. The Hall–Kier alpha value is -3.35. The number of furan rings is 1. The lowest BCUT2D eigenvalue weighted by Gasteiger charge is -2.14. The zero-order valence-electron chi connectivity index (χ0n) is 15.4. The zero-order valence-corrected chi connectivity index (χ0v) is 15.4. The minimum Gasteiger partial charge on any atom is -0.467 e. The van der Waals surface area contributed by atoms with Crippen LogP contribution >= 0.6 is 0 Å². The smallest absolute Gasteiger partial charge is 0.271 e. The predicted octanol–water partition coefficient (Wildman–Crippen LogP) is 2.53. The summed E-state index contributed by atoms with van der Waals surface area (Å²) in [6.07, 6.45) is 0.764. The van der Waals surface area contributed by atoms with Crippen LogP contribution in [0.2, 0.25) is 0 Å². The molecule has 0 unspecified atom stereocenters. The van der Waals surface area contributed by atoms with Gasteiger partial charge in [-0.3, -0.25) is 9.59 Å². The minimum absolute atomic E-state index is 0.188. The number of nitrogens with zero attached hydrogens (tertiary/aromatic N) is 2. The molecule has 0 saturated carbocycles. The number of benzene rings is 1. The minimum atomic E-state index is -0.779. The van der Waals surface area contributed by atoms with Crippen molar-refractivity contribution in [3.63, 3.8) is 0 Å². The monoisotopic (exact) mass is 367 g/mol. The normalized spacial score (nSPS) is 11.8. The molecule has 0 aliphatic carbocycles. The molecule has 3 rings (SSSR count). The summed E-state index contributed by atoms with van der Waals surface area (Å²) in [5, 5.41) is 6.95. The Kier molecular flexibility index (Phi) is 5.40. The average Bonchev–Trinajstić information content (AvgIpc) is 3.17. The first-order valence-corrected chi connectivity index (χ1v) is 8.59. The molecule has 1 amide bonds. The number of aromatic nitrogens is 2. The van der Waals surface area contributed by atoms with E-state index in [0.29, 0.717) is 11.4 Å². The number of nitrogens with one attached hydrogen (secondary N) is 1. The molecule has 1 aromatic carbocycles. The molecule has 1 atom stereocenters. The Morgan fingerprint density at radius 1 is 1.22 bits per heavy atom. The third-order valence-electron chi connectivity index (χ3n) is 4.19. The fourth-order valence-electron chi connectivity index (χ4n) is 2.47. The highest BCUT2D eigenvalue weighted by Gasteiger charge is 2.16.